The summed E-state index contributed by atoms with van der Waals surface area (Å²) in [5.41, 5.74) is 10.9. The van der Waals surface area contributed by atoms with Gasteiger partial charge in [-0.05, 0) is 91.8 Å². The van der Waals surface area contributed by atoms with Crippen molar-refractivity contribution in [3.63, 3.8) is 0 Å². The van der Waals surface area contributed by atoms with E-state index in [2.05, 4.69) is 40.0 Å². The Bertz CT molecular complexity index is 1930. The van der Waals surface area contributed by atoms with Crippen molar-refractivity contribution < 1.29 is 33.5 Å². The summed E-state index contributed by atoms with van der Waals surface area (Å²) in [4.78, 5) is 81.3. The van der Waals surface area contributed by atoms with Gasteiger partial charge in [0, 0.05) is 55.3 Å². The Hall–Kier alpha value is -5.33. The molecular formula is C47H66N6O7. The lowest BCUT2D eigenvalue weighted by atomic mass is 9.92. The first-order chi connectivity index (χ1) is 28.8. The molecule has 0 saturated carbocycles. The number of likely N-dealkylation sites (tertiary alicyclic amines) is 1. The van der Waals surface area contributed by atoms with Crippen molar-refractivity contribution in [2.75, 3.05) is 24.1 Å². The zero-order chi connectivity index (χ0) is 43.6. The van der Waals surface area contributed by atoms with Gasteiger partial charge in [0.25, 0.3) is 0 Å². The summed E-state index contributed by atoms with van der Waals surface area (Å²) >= 11 is 0. The first kappa shape index (κ1) is 47.3. The third-order valence-corrected chi connectivity index (χ3v) is 11.1. The number of pyridine rings is 1. The quantitative estimate of drug-likeness (QED) is 0.0488. The smallest absolute Gasteiger partial charge is 0.407 e. The molecule has 1 unspecified atom stereocenters. The van der Waals surface area contributed by atoms with Crippen molar-refractivity contribution in [2.24, 2.45) is 17.8 Å². The number of nitrogens with zero attached hydrogens (tertiary/aromatic N) is 2. The van der Waals surface area contributed by atoms with Crippen molar-refractivity contribution in [2.45, 2.75) is 137 Å². The van der Waals surface area contributed by atoms with Crippen LogP contribution >= 0.6 is 0 Å². The van der Waals surface area contributed by atoms with E-state index in [1.165, 1.54) is 22.3 Å². The number of carbonyl (C=O) groups excluding carboxylic acids is 6. The number of rotatable bonds is 25. The summed E-state index contributed by atoms with van der Waals surface area (Å²) in [6, 6.07) is 14.7. The van der Waals surface area contributed by atoms with Crippen molar-refractivity contribution >= 4 is 57.9 Å². The number of carbonyl (C=O) groups is 6. The topological polar surface area (TPSA) is 190 Å². The number of ether oxygens (including phenoxy) is 1. The van der Waals surface area contributed by atoms with Crippen LogP contribution in [0.15, 0.2) is 48.5 Å². The van der Waals surface area contributed by atoms with Gasteiger partial charge >= 0.3 is 6.09 Å². The van der Waals surface area contributed by atoms with Crippen LogP contribution in [-0.4, -0.2) is 64.5 Å². The second kappa shape index (κ2) is 24.1. The second-order valence-electron chi connectivity index (χ2n) is 16.6. The summed E-state index contributed by atoms with van der Waals surface area (Å²) in [7, 11) is 0. The van der Waals surface area contributed by atoms with E-state index >= 15 is 0 Å². The molecule has 60 heavy (non-hydrogen) atoms. The van der Waals surface area contributed by atoms with Gasteiger partial charge in [0.05, 0.1) is 11.6 Å². The van der Waals surface area contributed by atoms with Crippen LogP contribution in [-0.2, 0) is 48.2 Å². The maximum Gasteiger partial charge on any atom is 0.407 e. The number of amides is 5. The Balaban J connectivity index is 1.09. The number of nitrogens with two attached hydrogens (primary N) is 1. The first-order valence-corrected chi connectivity index (χ1v) is 21.9. The van der Waals surface area contributed by atoms with Gasteiger partial charge in [0.2, 0.25) is 23.6 Å². The molecule has 13 heteroatoms. The minimum absolute atomic E-state index is 0.0375. The molecule has 3 aromatic rings. The van der Waals surface area contributed by atoms with Crippen LogP contribution in [0.25, 0.3) is 10.9 Å². The standard InChI is InChI=1S/C47H66N6O7/c1-6-7-10-17-36-29-38-35(18-15-19-39(38)51-44(36)48)16-11-8-13-25-49-47(59)60-30-34-21-23-37(24-22-34)50-45(57)32(4)27-40(54)43(31(2)3)52-41(55)20-12-9-14-26-53-42(56)28-33(5)46(53)58/h15,18-19,21-24,29,31-33,43H,6-14,16-17,20,25-28,30H2,1-5H3,(H2,48,51)(H,49,59)(H,50,57)(H,52,55)/t32-,33?,43+/m1/s1. The number of fused-ring (bicyclic) bond motifs is 1. The molecule has 1 fully saturated rings. The number of anilines is 2. The number of unbranched alkanes of at least 4 members (excludes halogenated alkanes) is 6. The molecule has 1 aliphatic heterocycles. The lowest BCUT2D eigenvalue weighted by Crippen LogP contribution is -2.45. The van der Waals surface area contributed by atoms with Crippen LogP contribution in [0.5, 0.6) is 0 Å². The normalized spacial score (nSPS) is 15.0. The van der Waals surface area contributed by atoms with Crippen molar-refractivity contribution in [1.29, 1.82) is 0 Å². The lowest BCUT2D eigenvalue weighted by Gasteiger charge is -2.23. The highest BCUT2D eigenvalue weighted by molar-refractivity contribution is 6.03. The van der Waals surface area contributed by atoms with Gasteiger partial charge in [-0.15, -0.1) is 0 Å². The molecule has 326 valence electrons. The molecular weight excluding hydrogens is 761 g/mol. The number of nitrogens with one attached hydrogen (secondary N) is 3. The summed E-state index contributed by atoms with van der Waals surface area (Å²) in [6.07, 6.45) is 9.89. The van der Waals surface area contributed by atoms with Crippen LogP contribution in [0.3, 0.4) is 0 Å². The van der Waals surface area contributed by atoms with Gasteiger partial charge in [0.1, 0.15) is 12.4 Å². The Labute approximate surface area is 355 Å². The monoisotopic (exact) mass is 826 g/mol. The number of nitrogen functional groups attached to an aromatic ring is 1. The average Bonchev–Trinajstić information content (AvgIpc) is 3.46. The van der Waals surface area contributed by atoms with E-state index in [0.717, 1.165) is 61.6 Å². The SMILES string of the molecule is CCCCCc1cc2c(CCCCCNC(=O)OCc3ccc(NC(=O)[C@H](C)CC(=O)[C@@H](NC(=O)CCCCCN4C(=O)CC(C)C4=O)C(C)C)cc3)cccc2nc1N. The summed E-state index contributed by atoms with van der Waals surface area (Å²) in [5, 5.41) is 9.67. The number of Topliss-reactive ketones (excluding diaryl/α,β-unsaturated/α-hetero) is 1. The van der Waals surface area contributed by atoms with E-state index in [4.69, 9.17) is 10.5 Å². The third-order valence-electron chi connectivity index (χ3n) is 11.1. The van der Waals surface area contributed by atoms with Crippen molar-refractivity contribution in [3.8, 4) is 0 Å². The summed E-state index contributed by atoms with van der Waals surface area (Å²) in [6.45, 7) is 10.3. The number of hydrogen-bond acceptors (Lipinski definition) is 9. The summed E-state index contributed by atoms with van der Waals surface area (Å²) in [5.74, 6) is -1.51. The fraction of sp³-hybridized carbons (Fsp3) is 0.553. The van der Waals surface area contributed by atoms with Crippen molar-refractivity contribution in [1.82, 2.24) is 20.5 Å². The molecule has 5 N–H and O–H groups in total. The molecule has 5 amide bonds. The molecule has 1 aliphatic rings. The highest BCUT2D eigenvalue weighted by atomic mass is 16.5. The number of aromatic nitrogens is 1. The van der Waals surface area contributed by atoms with Crippen molar-refractivity contribution in [3.05, 3.63) is 65.2 Å². The van der Waals surface area contributed by atoms with Gasteiger partial charge in [-0.3, -0.25) is 28.9 Å². The van der Waals surface area contributed by atoms with Crippen LogP contribution in [0, 0.1) is 17.8 Å². The third kappa shape index (κ3) is 14.7. The van der Waals surface area contributed by atoms with Crippen LogP contribution in [0.2, 0.25) is 0 Å². The predicted molar refractivity (Wildman–Crippen MR) is 235 cm³/mol. The van der Waals surface area contributed by atoms with E-state index in [1.54, 1.807) is 38.1 Å². The molecule has 4 rings (SSSR count). The fourth-order valence-corrected chi connectivity index (χ4v) is 7.46. The number of ketones is 1. The van der Waals surface area contributed by atoms with Gasteiger partial charge in [0.15, 0.2) is 5.78 Å². The highest BCUT2D eigenvalue weighted by Crippen LogP contribution is 2.25. The highest BCUT2D eigenvalue weighted by Gasteiger charge is 2.35. The molecule has 1 saturated heterocycles. The van der Waals surface area contributed by atoms with Gasteiger partial charge in [-0.25, -0.2) is 9.78 Å². The maximum absolute atomic E-state index is 13.2. The van der Waals surface area contributed by atoms with E-state index in [9.17, 15) is 28.8 Å². The van der Waals surface area contributed by atoms with Crippen LogP contribution in [0.4, 0.5) is 16.3 Å². The minimum Gasteiger partial charge on any atom is -0.445 e. The molecule has 1 aromatic heterocycles. The van der Waals surface area contributed by atoms with E-state index in [0.29, 0.717) is 43.9 Å². The molecule has 0 radical (unpaired) electrons. The largest absolute Gasteiger partial charge is 0.445 e. The number of aryl methyl sites for hydroxylation is 2. The van der Waals surface area contributed by atoms with E-state index < -0.39 is 18.1 Å². The Morgan fingerprint density at radius 2 is 1.62 bits per heavy atom. The molecule has 13 nitrogen and oxygen atoms in total. The predicted octanol–water partition coefficient (Wildman–Crippen LogP) is 7.82. The Morgan fingerprint density at radius 3 is 2.32 bits per heavy atom. The average molecular weight is 827 g/mol. The summed E-state index contributed by atoms with van der Waals surface area (Å²) < 4.78 is 5.40. The van der Waals surface area contributed by atoms with E-state index in [-0.39, 0.29) is 67.1 Å². The Kier molecular flexibility index (Phi) is 19.0. The van der Waals surface area contributed by atoms with Crippen LogP contribution in [0.1, 0.15) is 128 Å². The zero-order valence-corrected chi connectivity index (χ0v) is 36.3. The minimum atomic E-state index is -0.723. The second-order valence-corrected chi connectivity index (χ2v) is 16.6. The fourth-order valence-electron chi connectivity index (χ4n) is 7.46. The molecule has 2 aromatic carbocycles. The molecule has 3 atom stereocenters. The first-order valence-electron chi connectivity index (χ1n) is 21.9. The number of benzene rings is 2. The molecule has 0 bridgehead atoms. The molecule has 0 aliphatic carbocycles. The zero-order valence-electron chi connectivity index (χ0n) is 36.3. The molecule has 2 heterocycles. The molecule has 0 spiro atoms. The number of hydrogen-bond donors (Lipinski definition) is 4. The van der Waals surface area contributed by atoms with Gasteiger partial charge in [-0.1, -0.05) is 84.6 Å². The number of imide groups is 1. The Morgan fingerprint density at radius 1 is 0.900 bits per heavy atom. The maximum atomic E-state index is 13.2. The lowest BCUT2D eigenvalue weighted by molar-refractivity contribution is -0.139. The van der Waals surface area contributed by atoms with Crippen LogP contribution < -0.4 is 21.7 Å². The van der Waals surface area contributed by atoms with Gasteiger partial charge < -0.3 is 26.4 Å². The number of alkyl carbamates (subject to hydrolysis) is 1. The van der Waals surface area contributed by atoms with E-state index in [1.807, 2.05) is 26.0 Å². The van der Waals surface area contributed by atoms with Gasteiger partial charge in [-0.2, -0.15) is 0 Å².